The molecule has 2 aromatic carbocycles. The summed E-state index contributed by atoms with van der Waals surface area (Å²) in [5.74, 6) is 0.344. The summed E-state index contributed by atoms with van der Waals surface area (Å²) in [6.07, 6.45) is 3.11. The Labute approximate surface area is 374 Å². The van der Waals surface area contributed by atoms with Gasteiger partial charge in [0.2, 0.25) is 0 Å². The Bertz CT molecular complexity index is 1500. The van der Waals surface area contributed by atoms with Crippen LogP contribution >= 0.6 is 12.4 Å². The summed E-state index contributed by atoms with van der Waals surface area (Å²) in [4.78, 5) is 63.1. The van der Waals surface area contributed by atoms with Crippen molar-refractivity contribution in [3.63, 3.8) is 0 Å². The molecule has 0 saturated carbocycles. The number of unbranched alkanes of at least 4 members (excludes halogenated alkanes) is 2. The second-order valence-electron chi connectivity index (χ2n) is 17.5. The topological polar surface area (TPSA) is 144 Å². The lowest BCUT2D eigenvalue weighted by Gasteiger charge is -2.30. The Balaban J connectivity index is 0. The molecule has 61 heavy (non-hydrogen) atoms. The van der Waals surface area contributed by atoms with Crippen molar-refractivity contribution in [2.45, 2.75) is 131 Å². The van der Waals surface area contributed by atoms with E-state index in [0.29, 0.717) is 39.1 Å². The Kier molecular flexibility index (Phi) is 30.7. The molecule has 0 fully saturated rings. The summed E-state index contributed by atoms with van der Waals surface area (Å²) in [7, 11) is 7.17. The van der Waals surface area contributed by atoms with Crippen LogP contribution in [0.15, 0.2) is 60.7 Å². The lowest BCUT2D eigenvalue weighted by molar-refractivity contribution is -0.148. The lowest BCUT2D eigenvalue weighted by Crippen LogP contribution is -2.44. The highest BCUT2D eigenvalue weighted by Crippen LogP contribution is 2.14. The van der Waals surface area contributed by atoms with Crippen molar-refractivity contribution in [1.82, 2.24) is 20.0 Å². The molecule has 0 bridgehead atoms. The lowest BCUT2D eigenvalue weighted by atomic mass is 9.98. The highest BCUT2D eigenvalue weighted by molar-refractivity contribution is 5.85. The van der Waals surface area contributed by atoms with Crippen molar-refractivity contribution in [1.29, 1.82) is 0 Å². The molecule has 2 aromatic rings. The normalized spacial score (nSPS) is 12.1. The van der Waals surface area contributed by atoms with Crippen molar-refractivity contribution in [3.05, 3.63) is 71.8 Å². The van der Waals surface area contributed by atoms with Crippen LogP contribution in [0.5, 0.6) is 0 Å². The van der Waals surface area contributed by atoms with E-state index in [0.717, 1.165) is 36.8 Å². The highest BCUT2D eigenvalue weighted by Gasteiger charge is 2.27. The first-order valence-corrected chi connectivity index (χ1v) is 21.1. The van der Waals surface area contributed by atoms with Gasteiger partial charge in [0.05, 0.1) is 12.6 Å². The molecular weight excluding hydrogens is 800 g/mol. The predicted octanol–water partition coefficient (Wildman–Crippen LogP) is 8.60. The zero-order valence-electron chi connectivity index (χ0n) is 39.7. The van der Waals surface area contributed by atoms with Gasteiger partial charge in [-0.15, -0.1) is 12.4 Å². The van der Waals surface area contributed by atoms with Gasteiger partial charge in [-0.1, -0.05) is 88.4 Å². The maximum Gasteiger partial charge on any atom is 0.410 e. The second-order valence-corrected chi connectivity index (χ2v) is 17.5. The first-order chi connectivity index (χ1) is 28.0. The number of carbonyl (C=O) groups excluding carboxylic acids is 5. The zero-order chi connectivity index (χ0) is 45.9. The van der Waals surface area contributed by atoms with Crippen LogP contribution in [0.4, 0.5) is 9.59 Å². The number of ketones is 1. The van der Waals surface area contributed by atoms with Gasteiger partial charge in [-0.25, -0.2) is 9.59 Å². The number of hydrogen-bond acceptors (Lipinski definition) is 11. The van der Waals surface area contributed by atoms with Crippen molar-refractivity contribution in [3.8, 4) is 0 Å². The van der Waals surface area contributed by atoms with Crippen LogP contribution in [0.2, 0.25) is 0 Å². The number of nitrogens with zero attached hydrogens (tertiary/aromatic N) is 3. The molecule has 0 unspecified atom stereocenters. The van der Waals surface area contributed by atoms with Crippen molar-refractivity contribution >= 4 is 42.6 Å². The molecule has 14 heteroatoms. The molecule has 0 aliphatic heterocycles. The van der Waals surface area contributed by atoms with Crippen molar-refractivity contribution in [2.24, 2.45) is 11.8 Å². The second kappa shape index (κ2) is 31.8. The van der Waals surface area contributed by atoms with Gasteiger partial charge in [-0.3, -0.25) is 14.5 Å². The third-order valence-electron chi connectivity index (χ3n) is 8.73. The Morgan fingerprint density at radius 1 is 0.672 bits per heavy atom. The fourth-order valence-corrected chi connectivity index (χ4v) is 5.72. The number of aldehydes is 1. The first-order valence-electron chi connectivity index (χ1n) is 21.1. The van der Waals surface area contributed by atoms with E-state index in [9.17, 15) is 24.0 Å². The van der Waals surface area contributed by atoms with Gasteiger partial charge in [0.15, 0.2) is 5.78 Å². The van der Waals surface area contributed by atoms with Gasteiger partial charge in [0.25, 0.3) is 0 Å². The number of amides is 2. The molecule has 0 aliphatic rings. The van der Waals surface area contributed by atoms with Crippen LogP contribution in [0.3, 0.4) is 0 Å². The smallest absolute Gasteiger partial charge is 0.410 e. The van der Waals surface area contributed by atoms with Crippen LogP contribution in [-0.2, 0) is 46.5 Å². The fourth-order valence-electron chi connectivity index (χ4n) is 5.72. The highest BCUT2D eigenvalue weighted by atomic mass is 35.5. The minimum atomic E-state index is -0.487. The number of esters is 1. The molecule has 348 valence electrons. The van der Waals surface area contributed by atoms with E-state index in [1.54, 1.807) is 26.0 Å². The van der Waals surface area contributed by atoms with Gasteiger partial charge in [-0.05, 0) is 104 Å². The number of carbonyl (C=O) groups is 5. The van der Waals surface area contributed by atoms with Gasteiger partial charge in [-0.2, -0.15) is 0 Å². The number of rotatable bonds is 21. The minimum Gasteiger partial charge on any atom is -0.460 e. The monoisotopic (exact) mass is 879 g/mol. The standard InChI is InChI=1S/C24H40N2O4.C13H19NO2.C10H19NO3.ClH/c1-19(2)22(21(27)18-29-17-20-13-9-8-10-14-20)25(6)15-11-12-16-26(7)23(28)30-24(3,4)5;1-10(2)12(14-3)13(15)16-9-11-7-5-4-6-8-11;1-10(2,3)14-9(13)11(4)7-5-6-8-12;/h8-10,13-14,19,22H,11-12,15-18H2,1-7H3;4-8,10,12,14H,9H2,1-3H3;8H,5-7H2,1-4H3;1H/t22-;12-;;/m00../s1. The number of halogens is 1. The Hall–Kier alpha value is -4.04. The molecule has 0 aromatic heterocycles. The predicted molar refractivity (Wildman–Crippen MR) is 246 cm³/mol. The molecule has 0 spiro atoms. The Morgan fingerprint density at radius 2 is 1.11 bits per heavy atom. The molecule has 2 atom stereocenters. The SMILES string of the molecule is CC(C)[C@@H](C(=O)COCc1ccccc1)N(C)CCCCN(C)C(=O)OC(C)(C)C.CN(CCCC=O)C(=O)OC(C)(C)C.CN[C@H](C(=O)OCc1ccccc1)C(C)C.Cl. The average molecular weight is 880 g/mol. The molecule has 2 amide bonds. The third-order valence-corrected chi connectivity index (χ3v) is 8.73. The summed E-state index contributed by atoms with van der Waals surface area (Å²) < 4.78 is 21.4. The van der Waals surface area contributed by atoms with Crippen LogP contribution in [-0.4, -0.2) is 123 Å². The van der Waals surface area contributed by atoms with Crippen LogP contribution in [0.25, 0.3) is 0 Å². The number of benzene rings is 2. The van der Waals surface area contributed by atoms with Gasteiger partial charge < -0.3 is 38.9 Å². The van der Waals surface area contributed by atoms with E-state index in [-0.39, 0.29) is 66.9 Å². The summed E-state index contributed by atoms with van der Waals surface area (Å²) in [5.41, 5.74) is 1.12. The molecule has 1 N–H and O–H groups in total. The number of ether oxygens (including phenoxy) is 4. The number of likely N-dealkylation sites (N-methyl/N-ethyl adjacent to an activating group) is 2. The van der Waals surface area contributed by atoms with Crippen molar-refractivity contribution < 1.29 is 42.9 Å². The molecule has 0 radical (unpaired) electrons. The molecule has 0 heterocycles. The number of nitrogens with one attached hydrogen (secondary N) is 1. The molecule has 13 nitrogen and oxygen atoms in total. The number of hydrogen-bond donors (Lipinski definition) is 1. The molecular formula is C47H79ClN4O9. The van der Waals surface area contributed by atoms with E-state index in [2.05, 4.69) is 24.1 Å². The quantitative estimate of drug-likeness (QED) is 0.0557. The molecule has 2 rings (SSSR count). The van der Waals surface area contributed by atoms with E-state index in [4.69, 9.17) is 18.9 Å². The minimum absolute atomic E-state index is 0. The first kappa shape index (κ1) is 59.1. The fraction of sp³-hybridized carbons (Fsp3) is 0.638. The van der Waals surface area contributed by atoms with Crippen LogP contribution in [0, 0.1) is 11.8 Å². The number of Topliss-reactive ketones (excluding diaryl/α,β-unsaturated/α-hetero) is 1. The van der Waals surface area contributed by atoms with Gasteiger partial charge in [0, 0.05) is 33.6 Å². The van der Waals surface area contributed by atoms with Crippen LogP contribution in [0.1, 0.15) is 106 Å². The maximum atomic E-state index is 12.7. The van der Waals surface area contributed by atoms with Gasteiger partial charge in [0.1, 0.15) is 36.7 Å². The third kappa shape index (κ3) is 29.0. The Morgan fingerprint density at radius 3 is 1.52 bits per heavy atom. The average Bonchev–Trinajstić information content (AvgIpc) is 3.15. The van der Waals surface area contributed by atoms with Crippen LogP contribution < -0.4 is 5.32 Å². The van der Waals surface area contributed by atoms with E-state index < -0.39 is 11.2 Å². The summed E-state index contributed by atoms with van der Waals surface area (Å²) in [6, 6.07) is 19.1. The van der Waals surface area contributed by atoms with E-state index in [1.807, 2.05) is 123 Å². The van der Waals surface area contributed by atoms with Crippen molar-refractivity contribution in [2.75, 3.05) is 54.4 Å². The summed E-state index contributed by atoms with van der Waals surface area (Å²) >= 11 is 0. The zero-order valence-corrected chi connectivity index (χ0v) is 40.5. The van der Waals surface area contributed by atoms with E-state index >= 15 is 0 Å². The van der Waals surface area contributed by atoms with Gasteiger partial charge >= 0.3 is 18.2 Å². The maximum absolute atomic E-state index is 12.7. The van der Waals surface area contributed by atoms with E-state index in [1.165, 1.54) is 4.90 Å². The largest absolute Gasteiger partial charge is 0.460 e. The summed E-state index contributed by atoms with van der Waals surface area (Å²) in [5, 5.41) is 2.96. The molecule has 0 aliphatic carbocycles. The summed E-state index contributed by atoms with van der Waals surface area (Å²) in [6.45, 7) is 22.0. The molecule has 0 saturated heterocycles.